The Morgan fingerprint density at radius 1 is 1.53 bits per heavy atom. The molecule has 1 heterocycles. The number of hydrogen-bond acceptors (Lipinski definition) is 5. The third-order valence-electron chi connectivity index (χ3n) is 1.41. The summed E-state index contributed by atoms with van der Waals surface area (Å²) in [5.41, 5.74) is -0.311. The molecule has 1 aromatic rings. The number of anilines is 1. The summed E-state index contributed by atoms with van der Waals surface area (Å²) in [7, 11) is 0. The van der Waals surface area contributed by atoms with E-state index in [1.54, 1.807) is 6.92 Å². The number of aryl methyl sites for hydroxylation is 1. The second kappa shape index (κ2) is 4.67. The van der Waals surface area contributed by atoms with Crippen molar-refractivity contribution in [1.82, 2.24) is 9.36 Å². The number of aromatic nitrogens is 2. The van der Waals surface area contributed by atoms with Crippen LogP contribution in [-0.4, -0.2) is 27.5 Å². The molecule has 0 aliphatic rings. The molecule has 0 saturated heterocycles. The number of carbonyl (C=O) groups excluding carboxylic acids is 1. The Balaban J connectivity index is 2.37. The number of amides is 1. The molecular weight excluding hydrogens is 214 g/mol. The summed E-state index contributed by atoms with van der Waals surface area (Å²) < 4.78 is 9.27. The van der Waals surface area contributed by atoms with Crippen molar-refractivity contribution in [3.63, 3.8) is 0 Å². The van der Waals surface area contributed by atoms with E-state index in [9.17, 15) is 4.79 Å². The molecule has 15 heavy (non-hydrogen) atoms. The van der Waals surface area contributed by atoms with Gasteiger partial charge in [0.2, 0.25) is 5.13 Å². The first kappa shape index (κ1) is 12.1. The molecule has 6 heteroatoms. The molecule has 84 valence electrons. The van der Waals surface area contributed by atoms with Gasteiger partial charge in [-0.05, 0) is 27.7 Å². The minimum atomic E-state index is -0.311. The molecule has 1 rings (SSSR count). The lowest BCUT2D eigenvalue weighted by Gasteiger charge is -2.18. The summed E-state index contributed by atoms with van der Waals surface area (Å²) in [5.74, 6) is 0.452. The molecular formula is C9H15N3O2S. The van der Waals surface area contributed by atoms with Gasteiger partial charge in [0.25, 0.3) is 5.91 Å². The molecule has 0 aliphatic carbocycles. The van der Waals surface area contributed by atoms with E-state index in [1.807, 2.05) is 20.8 Å². The zero-order valence-electron chi connectivity index (χ0n) is 9.33. The maximum atomic E-state index is 11.4. The quantitative estimate of drug-likeness (QED) is 0.855. The summed E-state index contributed by atoms with van der Waals surface area (Å²) in [6.45, 7) is 7.50. The SMILES string of the molecule is Cc1nsc(NC(=O)COC(C)(C)C)n1. The van der Waals surface area contributed by atoms with Crippen molar-refractivity contribution in [1.29, 1.82) is 0 Å². The van der Waals surface area contributed by atoms with Crippen LogP contribution in [0.3, 0.4) is 0 Å². The van der Waals surface area contributed by atoms with Gasteiger partial charge >= 0.3 is 0 Å². The third kappa shape index (κ3) is 4.85. The third-order valence-corrected chi connectivity index (χ3v) is 2.13. The molecule has 0 aromatic carbocycles. The van der Waals surface area contributed by atoms with E-state index in [-0.39, 0.29) is 18.1 Å². The van der Waals surface area contributed by atoms with Gasteiger partial charge in [0.1, 0.15) is 12.4 Å². The van der Waals surface area contributed by atoms with Crippen LogP contribution >= 0.6 is 11.5 Å². The molecule has 0 spiro atoms. The lowest BCUT2D eigenvalue weighted by molar-refractivity contribution is -0.125. The lowest BCUT2D eigenvalue weighted by atomic mass is 10.2. The highest BCUT2D eigenvalue weighted by Crippen LogP contribution is 2.11. The van der Waals surface area contributed by atoms with Crippen molar-refractivity contribution < 1.29 is 9.53 Å². The van der Waals surface area contributed by atoms with Crippen molar-refractivity contribution in [2.75, 3.05) is 11.9 Å². The topological polar surface area (TPSA) is 64.1 Å². The fourth-order valence-corrected chi connectivity index (χ4v) is 1.38. The standard InChI is InChI=1S/C9H15N3O2S/c1-6-10-8(15-12-6)11-7(13)5-14-9(2,3)4/h5H2,1-4H3,(H,10,11,12,13). The van der Waals surface area contributed by atoms with Crippen molar-refractivity contribution >= 4 is 22.6 Å². The zero-order valence-corrected chi connectivity index (χ0v) is 10.1. The average Bonchev–Trinajstić information content (AvgIpc) is 2.47. The van der Waals surface area contributed by atoms with Crippen LogP contribution in [0.25, 0.3) is 0 Å². The number of carbonyl (C=O) groups is 1. The lowest BCUT2D eigenvalue weighted by Crippen LogP contribution is -2.27. The highest BCUT2D eigenvalue weighted by Gasteiger charge is 2.13. The summed E-state index contributed by atoms with van der Waals surface area (Å²) in [6, 6.07) is 0. The van der Waals surface area contributed by atoms with E-state index in [1.165, 1.54) is 0 Å². The summed E-state index contributed by atoms with van der Waals surface area (Å²) in [6.07, 6.45) is 0. The van der Waals surface area contributed by atoms with Crippen molar-refractivity contribution in [3.8, 4) is 0 Å². The number of nitrogens with zero attached hydrogens (tertiary/aromatic N) is 2. The van der Waals surface area contributed by atoms with Gasteiger partial charge < -0.3 is 4.74 Å². The van der Waals surface area contributed by atoms with E-state index < -0.39 is 0 Å². The second-order valence-corrected chi connectivity index (χ2v) is 4.85. The van der Waals surface area contributed by atoms with Gasteiger partial charge in [0.15, 0.2) is 0 Å². The Hall–Kier alpha value is -1.01. The zero-order chi connectivity index (χ0) is 11.5. The minimum absolute atomic E-state index is 0.0299. The number of ether oxygens (including phenoxy) is 1. The first-order valence-electron chi connectivity index (χ1n) is 4.61. The molecule has 0 fully saturated rings. The van der Waals surface area contributed by atoms with Crippen molar-refractivity contribution in [3.05, 3.63) is 5.82 Å². The van der Waals surface area contributed by atoms with Gasteiger partial charge in [-0.2, -0.15) is 4.37 Å². The molecule has 0 radical (unpaired) electrons. The predicted octanol–water partition coefficient (Wildman–Crippen LogP) is 1.60. The molecule has 1 aromatic heterocycles. The van der Waals surface area contributed by atoms with Gasteiger partial charge in [-0.25, -0.2) is 4.98 Å². The fraction of sp³-hybridized carbons (Fsp3) is 0.667. The Kier molecular flexibility index (Phi) is 3.76. The van der Waals surface area contributed by atoms with Crippen LogP contribution in [-0.2, 0) is 9.53 Å². The molecule has 0 atom stereocenters. The molecule has 0 aliphatic heterocycles. The maximum Gasteiger partial charge on any atom is 0.252 e. The Morgan fingerprint density at radius 2 is 2.20 bits per heavy atom. The van der Waals surface area contributed by atoms with Crippen LogP contribution in [0.2, 0.25) is 0 Å². The Morgan fingerprint density at radius 3 is 2.67 bits per heavy atom. The number of hydrogen-bond donors (Lipinski definition) is 1. The molecule has 5 nitrogen and oxygen atoms in total. The average molecular weight is 229 g/mol. The van der Waals surface area contributed by atoms with Gasteiger partial charge in [0.05, 0.1) is 5.60 Å². The molecule has 1 N–H and O–H groups in total. The number of rotatable bonds is 3. The smallest absolute Gasteiger partial charge is 0.252 e. The number of nitrogens with one attached hydrogen (secondary N) is 1. The van der Waals surface area contributed by atoms with E-state index >= 15 is 0 Å². The van der Waals surface area contributed by atoms with Gasteiger partial charge in [-0.3, -0.25) is 10.1 Å². The van der Waals surface area contributed by atoms with Gasteiger partial charge in [-0.1, -0.05) is 0 Å². The molecule has 1 amide bonds. The monoisotopic (exact) mass is 229 g/mol. The van der Waals surface area contributed by atoms with E-state index in [2.05, 4.69) is 14.7 Å². The molecule has 0 unspecified atom stereocenters. The largest absolute Gasteiger partial charge is 0.366 e. The van der Waals surface area contributed by atoms with Crippen LogP contribution in [0, 0.1) is 6.92 Å². The first-order chi connectivity index (χ1) is 6.87. The minimum Gasteiger partial charge on any atom is -0.366 e. The molecule has 0 bridgehead atoms. The molecule has 0 saturated carbocycles. The normalized spacial score (nSPS) is 11.5. The Bertz CT molecular complexity index is 343. The van der Waals surface area contributed by atoms with Crippen molar-refractivity contribution in [2.45, 2.75) is 33.3 Å². The van der Waals surface area contributed by atoms with Crippen LogP contribution < -0.4 is 5.32 Å². The summed E-state index contributed by atoms with van der Waals surface area (Å²) in [5, 5.41) is 3.13. The second-order valence-electron chi connectivity index (χ2n) is 4.10. The first-order valence-corrected chi connectivity index (χ1v) is 5.38. The van der Waals surface area contributed by atoms with E-state index in [0.717, 1.165) is 11.5 Å². The van der Waals surface area contributed by atoms with Gasteiger partial charge in [-0.15, -0.1) is 0 Å². The Labute approximate surface area is 93.0 Å². The van der Waals surface area contributed by atoms with Crippen LogP contribution in [0.1, 0.15) is 26.6 Å². The van der Waals surface area contributed by atoms with E-state index in [0.29, 0.717) is 11.0 Å². The van der Waals surface area contributed by atoms with Crippen LogP contribution in [0.5, 0.6) is 0 Å². The van der Waals surface area contributed by atoms with Crippen LogP contribution in [0.15, 0.2) is 0 Å². The maximum absolute atomic E-state index is 11.4. The fourth-order valence-electron chi connectivity index (χ4n) is 0.785. The summed E-state index contributed by atoms with van der Waals surface area (Å²) in [4.78, 5) is 15.4. The van der Waals surface area contributed by atoms with Crippen molar-refractivity contribution in [2.24, 2.45) is 0 Å². The highest BCUT2D eigenvalue weighted by molar-refractivity contribution is 7.09. The summed E-state index contributed by atoms with van der Waals surface area (Å²) >= 11 is 1.16. The van der Waals surface area contributed by atoms with E-state index in [4.69, 9.17) is 4.74 Å². The predicted molar refractivity (Wildman–Crippen MR) is 59.0 cm³/mol. The van der Waals surface area contributed by atoms with Gasteiger partial charge in [0, 0.05) is 11.5 Å². The highest BCUT2D eigenvalue weighted by atomic mass is 32.1. The van der Waals surface area contributed by atoms with Crippen LogP contribution in [0.4, 0.5) is 5.13 Å².